The Morgan fingerprint density at radius 2 is 2.00 bits per heavy atom. The van der Waals surface area contributed by atoms with Gasteiger partial charge >= 0.3 is 0 Å². The van der Waals surface area contributed by atoms with Crippen LogP contribution in [0.3, 0.4) is 0 Å². The first-order valence-electron chi connectivity index (χ1n) is 5.59. The first kappa shape index (κ1) is 12.2. The van der Waals surface area contributed by atoms with Crippen LogP contribution in [0.25, 0.3) is 11.6 Å². The summed E-state index contributed by atoms with van der Waals surface area (Å²) in [5.41, 5.74) is 2.55. The fraction of sp³-hybridized carbons (Fsp3) is 0. The molecule has 1 aliphatic heterocycles. The first-order valence-corrected chi connectivity index (χ1v) is 6.35. The minimum absolute atomic E-state index is 0.204. The van der Waals surface area contributed by atoms with E-state index in [4.69, 9.17) is 23.2 Å². The van der Waals surface area contributed by atoms with Crippen molar-refractivity contribution in [2.24, 2.45) is 0 Å². The van der Waals surface area contributed by atoms with Crippen molar-refractivity contribution in [3.05, 3.63) is 57.8 Å². The van der Waals surface area contributed by atoms with Gasteiger partial charge in [-0.3, -0.25) is 9.78 Å². The molecule has 3 nitrogen and oxygen atoms in total. The highest BCUT2D eigenvalue weighted by atomic mass is 35.5. The number of carbonyl (C=O) groups excluding carboxylic acids is 1. The summed E-state index contributed by atoms with van der Waals surface area (Å²) in [5.74, 6) is -0.204. The van der Waals surface area contributed by atoms with Crippen LogP contribution in [0.2, 0.25) is 10.0 Å². The number of hydrogen-bond acceptors (Lipinski definition) is 2. The number of nitrogens with one attached hydrogen (secondary N) is 1. The van der Waals surface area contributed by atoms with Crippen molar-refractivity contribution in [1.29, 1.82) is 0 Å². The summed E-state index contributed by atoms with van der Waals surface area (Å²) < 4.78 is 0. The molecule has 0 spiro atoms. The summed E-state index contributed by atoms with van der Waals surface area (Å²) >= 11 is 12.0. The number of aromatic nitrogens is 1. The predicted molar refractivity (Wildman–Crippen MR) is 77.2 cm³/mol. The van der Waals surface area contributed by atoms with E-state index in [0.29, 0.717) is 27.0 Å². The lowest BCUT2D eigenvalue weighted by atomic mass is 10.1. The van der Waals surface area contributed by atoms with Crippen molar-refractivity contribution in [2.75, 3.05) is 5.32 Å². The summed E-state index contributed by atoms with van der Waals surface area (Å²) in [6.45, 7) is 0. The number of benzene rings is 1. The maximum atomic E-state index is 12.0. The van der Waals surface area contributed by atoms with Crippen LogP contribution < -0.4 is 5.32 Å². The average molecular weight is 291 g/mol. The molecule has 0 aliphatic carbocycles. The summed E-state index contributed by atoms with van der Waals surface area (Å²) in [4.78, 5) is 16.2. The van der Waals surface area contributed by atoms with Gasteiger partial charge in [0, 0.05) is 11.8 Å². The molecule has 0 bridgehead atoms. The van der Waals surface area contributed by atoms with Gasteiger partial charge in [0.25, 0.3) is 5.91 Å². The quantitative estimate of drug-likeness (QED) is 0.810. The van der Waals surface area contributed by atoms with Crippen molar-refractivity contribution in [1.82, 2.24) is 4.98 Å². The topological polar surface area (TPSA) is 42.0 Å². The number of halogens is 2. The zero-order chi connectivity index (χ0) is 13.4. The molecule has 0 atom stereocenters. The van der Waals surface area contributed by atoms with Crippen LogP contribution in [0.4, 0.5) is 5.69 Å². The summed E-state index contributed by atoms with van der Waals surface area (Å²) in [6.07, 6.45) is 3.40. The molecule has 0 fully saturated rings. The molecule has 1 amide bonds. The van der Waals surface area contributed by atoms with Gasteiger partial charge in [0.2, 0.25) is 0 Å². The molecule has 0 unspecified atom stereocenters. The van der Waals surface area contributed by atoms with Gasteiger partial charge in [0.05, 0.1) is 27.0 Å². The van der Waals surface area contributed by atoms with Crippen molar-refractivity contribution in [3.63, 3.8) is 0 Å². The summed E-state index contributed by atoms with van der Waals surface area (Å²) in [7, 11) is 0. The van der Waals surface area contributed by atoms with Gasteiger partial charge in [-0.2, -0.15) is 0 Å². The average Bonchev–Trinajstić information content (AvgIpc) is 2.73. The molecular weight excluding hydrogens is 283 g/mol. The molecule has 19 heavy (non-hydrogen) atoms. The standard InChI is InChI=1S/C14H8Cl2N2O/c15-11-5-4-9-10(7-8-3-1-2-6-17-8)14(19)18-13(9)12(11)16/h1-7H,(H,18,19)/b10-7-. The van der Waals surface area contributed by atoms with E-state index in [9.17, 15) is 4.79 Å². The smallest absolute Gasteiger partial charge is 0.256 e. The lowest BCUT2D eigenvalue weighted by molar-refractivity contribution is -0.110. The lowest BCUT2D eigenvalue weighted by Gasteiger charge is -2.02. The second-order valence-corrected chi connectivity index (χ2v) is 4.84. The molecule has 0 saturated carbocycles. The third-order valence-corrected chi connectivity index (χ3v) is 3.65. The zero-order valence-corrected chi connectivity index (χ0v) is 11.2. The van der Waals surface area contributed by atoms with E-state index < -0.39 is 0 Å². The Morgan fingerprint density at radius 3 is 2.74 bits per heavy atom. The van der Waals surface area contributed by atoms with Crippen LogP contribution in [0, 0.1) is 0 Å². The maximum absolute atomic E-state index is 12.0. The van der Waals surface area contributed by atoms with Crippen LogP contribution in [-0.4, -0.2) is 10.9 Å². The first-order chi connectivity index (χ1) is 9.16. The molecule has 0 saturated heterocycles. The Morgan fingerprint density at radius 1 is 1.16 bits per heavy atom. The molecule has 1 aliphatic rings. The van der Waals surface area contributed by atoms with Crippen molar-refractivity contribution >= 4 is 46.4 Å². The Kier molecular flexibility index (Phi) is 3.01. The largest absolute Gasteiger partial charge is 0.320 e. The Labute approximate surface area is 119 Å². The van der Waals surface area contributed by atoms with Gasteiger partial charge in [-0.15, -0.1) is 0 Å². The number of carbonyl (C=O) groups is 1. The van der Waals surface area contributed by atoms with E-state index in [1.54, 1.807) is 24.4 Å². The van der Waals surface area contributed by atoms with Crippen molar-refractivity contribution < 1.29 is 4.79 Å². The predicted octanol–water partition coefficient (Wildman–Crippen LogP) is 3.88. The van der Waals surface area contributed by atoms with Crippen LogP contribution >= 0.6 is 23.2 Å². The highest BCUT2D eigenvalue weighted by molar-refractivity contribution is 6.47. The Bertz CT molecular complexity index is 696. The van der Waals surface area contributed by atoms with Gasteiger partial charge in [0.1, 0.15) is 0 Å². The molecule has 3 rings (SSSR count). The molecule has 1 N–H and O–H groups in total. The van der Waals surface area contributed by atoms with E-state index in [1.165, 1.54) is 0 Å². The van der Waals surface area contributed by atoms with E-state index in [0.717, 1.165) is 5.56 Å². The SMILES string of the molecule is O=C1Nc2c(ccc(Cl)c2Cl)/C1=C/c1ccccn1. The van der Waals surface area contributed by atoms with Gasteiger partial charge in [-0.05, 0) is 24.3 Å². The van der Waals surface area contributed by atoms with E-state index >= 15 is 0 Å². The maximum Gasteiger partial charge on any atom is 0.256 e. The second-order valence-electron chi connectivity index (χ2n) is 4.05. The molecule has 2 heterocycles. The minimum atomic E-state index is -0.204. The zero-order valence-electron chi connectivity index (χ0n) is 9.65. The molecule has 2 aromatic rings. The van der Waals surface area contributed by atoms with E-state index in [-0.39, 0.29) is 5.91 Å². The second kappa shape index (κ2) is 4.68. The number of hydrogen-bond donors (Lipinski definition) is 1. The molecule has 94 valence electrons. The number of anilines is 1. The van der Waals surface area contributed by atoms with Gasteiger partial charge in [-0.1, -0.05) is 35.3 Å². The summed E-state index contributed by atoms with van der Waals surface area (Å²) in [5, 5.41) is 3.50. The van der Waals surface area contributed by atoms with E-state index in [1.807, 2.05) is 18.2 Å². The molecular formula is C14H8Cl2N2O. The van der Waals surface area contributed by atoms with E-state index in [2.05, 4.69) is 10.3 Å². The van der Waals surface area contributed by atoms with Gasteiger partial charge < -0.3 is 5.32 Å². The number of amides is 1. The minimum Gasteiger partial charge on any atom is -0.320 e. The molecule has 5 heteroatoms. The molecule has 0 radical (unpaired) electrons. The fourth-order valence-electron chi connectivity index (χ4n) is 1.95. The highest BCUT2D eigenvalue weighted by Crippen LogP contribution is 2.41. The van der Waals surface area contributed by atoms with Crippen molar-refractivity contribution in [2.45, 2.75) is 0 Å². The third-order valence-electron chi connectivity index (χ3n) is 2.85. The lowest BCUT2D eigenvalue weighted by Crippen LogP contribution is -2.04. The van der Waals surface area contributed by atoms with Gasteiger partial charge in [0.15, 0.2) is 0 Å². The Hall–Kier alpha value is -1.84. The number of fused-ring (bicyclic) bond motifs is 1. The molecule has 1 aromatic heterocycles. The third kappa shape index (κ3) is 2.11. The number of pyridine rings is 1. The highest BCUT2D eigenvalue weighted by Gasteiger charge is 2.27. The van der Waals surface area contributed by atoms with Crippen LogP contribution in [0.5, 0.6) is 0 Å². The number of rotatable bonds is 1. The van der Waals surface area contributed by atoms with Crippen LogP contribution in [-0.2, 0) is 4.79 Å². The normalized spacial score (nSPS) is 15.5. The monoisotopic (exact) mass is 290 g/mol. The van der Waals surface area contributed by atoms with Gasteiger partial charge in [-0.25, -0.2) is 0 Å². The van der Waals surface area contributed by atoms with Crippen LogP contribution in [0.15, 0.2) is 36.5 Å². The van der Waals surface area contributed by atoms with Crippen molar-refractivity contribution in [3.8, 4) is 0 Å². The molecule has 1 aromatic carbocycles. The Balaban J connectivity index is 2.14. The number of nitrogens with zero attached hydrogens (tertiary/aromatic N) is 1. The fourth-order valence-corrected chi connectivity index (χ4v) is 2.32. The summed E-state index contributed by atoms with van der Waals surface area (Å²) in [6, 6.07) is 8.96. The van der Waals surface area contributed by atoms with Crippen LogP contribution in [0.1, 0.15) is 11.3 Å².